The van der Waals surface area contributed by atoms with Crippen molar-refractivity contribution in [3.05, 3.63) is 71.4 Å². The summed E-state index contributed by atoms with van der Waals surface area (Å²) in [5, 5.41) is 20.8. The molecule has 2 aromatic carbocycles. The summed E-state index contributed by atoms with van der Waals surface area (Å²) < 4.78 is 2.04. The SMILES string of the molecule is N#Cc1ccc2ccn(C[C@H](O)CN3CCc4ccccc4C3)c2c1. The molecule has 0 aliphatic carbocycles. The number of aliphatic hydroxyl groups excluding tert-OH is 1. The molecule has 1 aromatic heterocycles. The average Bonchev–Trinajstić information content (AvgIpc) is 3.03. The number of hydrogen-bond acceptors (Lipinski definition) is 3. The van der Waals surface area contributed by atoms with E-state index in [4.69, 9.17) is 5.26 Å². The molecule has 0 saturated carbocycles. The molecule has 2 heterocycles. The van der Waals surface area contributed by atoms with E-state index in [0.717, 1.165) is 30.4 Å². The normalized spacial score (nSPS) is 15.7. The fourth-order valence-electron chi connectivity index (χ4n) is 3.71. The molecule has 1 atom stereocenters. The zero-order chi connectivity index (χ0) is 17.2. The second-order valence-electron chi connectivity index (χ2n) is 6.76. The van der Waals surface area contributed by atoms with Crippen LogP contribution in [0.4, 0.5) is 0 Å². The van der Waals surface area contributed by atoms with Gasteiger partial charge in [-0.1, -0.05) is 30.3 Å². The Bertz CT molecular complexity index is 938. The van der Waals surface area contributed by atoms with E-state index in [1.807, 2.05) is 35.0 Å². The lowest BCUT2D eigenvalue weighted by atomic mass is 10.00. The Kier molecular flexibility index (Phi) is 4.27. The summed E-state index contributed by atoms with van der Waals surface area (Å²) >= 11 is 0. The van der Waals surface area contributed by atoms with Crippen LogP contribution < -0.4 is 0 Å². The Balaban J connectivity index is 1.45. The van der Waals surface area contributed by atoms with Crippen LogP contribution >= 0.6 is 0 Å². The van der Waals surface area contributed by atoms with Crippen molar-refractivity contribution in [3.63, 3.8) is 0 Å². The van der Waals surface area contributed by atoms with Crippen molar-refractivity contribution in [1.29, 1.82) is 5.26 Å². The van der Waals surface area contributed by atoms with Crippen LogP contribution in [0.3, 0.4) is 0 Å². The molecule has 4 heteroatoms. The molecule has 0 bridgehead atoms. The Hall–Kier alpha value is -2.61. The van der Waals surface area contributed by atoms with Crippen LogP contribution in [-0.2, 0) is 19.5 Å². The molecule has 0 unspecified atom stereocenters. The maximum absolute atomic E-state index is 10.6. The van der Waals surface area contributed by atoms with E-state index in [1.165, 1.54) is 11.1 Å². The van der Waals surface area contributed by atoms with Gasteiger partial charge in [0.15, 0.2) is 0 Å². The van der Waals surface area contributed by atoms with Gasteiger partial charge in [-0.2, -0.15) is 5.26 Å². The van der Waals surface area contributed by atoms with Gasteiger partial charge in [-0.3, -0.25) is 4.90 Å². The number of hydrogen-bond donors (Lipinski definition) is 1. The number of rotatable bonds is 4. The number of nitrogens with zero attached hydrogens (tertiary/aromatic N) is 3. The topological polar surface area (TPSA) is 52.2 Å². The van der Waals surface area contributed by atoms with Crippen LogP contribution in [0.5, 0.6) is 0 Å². The highest BCUT2D eigenvalue weighted by Gasteiger charge is 2.19. The zero-order valence-corrected chi connectivity index (χ0v) is 14.1. The zero-order valence-electron chi connectivity index (χ0n) is 14.1. The molecular weight excluding hydrogens is 310 g/mol. The maximum Gasteiger partial charge on any atom is 0.0992 e. The monoisotopic (exact) mass is 331 g/mol. The number of nitriles is 1. The van der Waals surface area contributed by atoms with Crippen molar-refractivity contribution in [2.75, 3.05) is 13.1 Å². The standard InChI is InChI=1S/C21H21N3O/c22-12-16-5-6-18-8-10-24(21(18)11-16)15-20(25)14-23-9-7-17-3-1-2-4-19(17)13-23/h1-6,8,10-11,20,25H,7,9,13-15H2/t20-/m1/s1. The first-order chi connectivity index (χ1) is 12.2. The van der Waals surface area contributed by atoms with Crippen LogP contribution in [0.2, 0.25) is 0 Å². The quantitative estimate of drug-likeness (QED) is 0.800. The van der Waals surface area contributed by atoms with Crippen molar-refractivity contribution in [1.82, 2.24) is 9.47 Å². The molecule has 4 rings (SSSR count). The molecule has 25 heavy (non-hydrogen) atoms. The van der Waals surface area contributed by atoms with Crippen LogP contribution in [0, 0.1) is 11.3 Å². The Labute approximate surface area is 147 Å². The van der Waals surface area contributed by atoms with Crippen LogP contribution in [0.15, 0.2) is 54.7 Å². The molecule has 1 aliphatic rings. The second kappa shape index (κ2) is 6.72. The third-order valence-electron chi connectivity index (χ3n) is 4.99. The molecule has 0 amide bonds. The minimum atomic E-state index is -0.438. The lowest BCUT2D eigenvalue weighted by molar-refractivity contribution is 0.0928. The Morgan fingerprint density at radius 3 is 2.76 bits per heavy atom. The molecule has 0 fully saturated rings. The van der Waals surface area contributed by atoms with Crippen molar-refractivity contribution < 1.29 is 5.11 Å². The van der Waals surface area contributed by atoms with Gasteiger partial charge < -0.3 is 9.67 Å². The van der Waals surface area contributed by atoms with E-state index < -0.39 is 6.10 Å². The lowest BCUT2D eigenvalue weighted by Crippen LogP contribution is -2.38. The van der Waals surface area contributed by atoms with Gasteiger partial charge in [-0.25, -0.2) is 0 Å². The van der Waals surface area contributed by atoms with Gasteiger partial charge >= 0.3 is 0 Å². The second-order valence-corrected chi connectivity index (χ2v) is 6.76. The summed E-state index contributed by atoms with van der Waals surface area (Å²) in [4.78, 5) is 2.32. The van der Waals surface area contributed by atoms with Gasteiger partial charge in [0.2, 0.25) is 0 Å². The first kappa shape index (κ1) is 15.9. The molecular formula is C21H21N3O. The molecule has 0 saturated heterocycles. The summed E-state index contributed by atoms with van der Waals surface area (Å²) in [6, 6.07) is 18.4. The van der Waals surface area contributed by atoms with E-state index in [-0.39, 0.29) is 0 Å². The molecule has 3 aromatic rings. The smallest absolute Gasteiger partial charge is 0.0992 e. The number of benzene rings is 2. The van der Waals surface area contributed by atoms with E-state index >= 15 is 0 Å². The molecule has 1 aliphatic heterocycles. The van der Waals surface area contributed by atoms with Crippen LogP contribution in [0.1, 0.15) is 16.7 Å². The van der Waals surface area contributed by atoms with Crippen molar-refractivity contribution in [3.8, 4) is 6.07 Å². The van der Waals surface area contributed by atoms with Crippen LogP contribution in [-0.4, -0.2) is 33.8 Å². The van der Waals surface area contributed by atoms with Crippen molar-refractivity contribution >= 4 is 10.9 Å². The highest BCUT2D eigenvalue weighted by molar-refractivity contribution is 5.81. The molecule has 1 N–H and O–H groups in total. The predicted molar refractivity (Wildman–Crippen MR) is 98.1 cm³/mol. The fraction of sp³-hybridized carbons (Fsp3) is 0.286. The predicted octanol–water partition coefficient (Wildman–Crippen LogP) is 2.93. The summed E-state index contributed by atoms with van der Waals surface area (Å²) in [6.07, 6.45) is 2.59. The third-order valence-corrected chi connectivity index (χ3v) is 4.99. The van der Waals surface area contributed by atoms with E-state index in [1.54, 1.807) is 0 Å². The lowest BCUT2D eigenvalue weighted by Gasteiger charge is -2.30. The number of aliphatic hydroxyl groups is 1. The van der Waals surface area contributed by atoms with Gasteiger partial charge in [-0.15, -0.1) is 0 Å². The Morgan fingerprint density at radius 1 is 1.08 bits per heavy atom. The molecule has 0 radical (unpaired) electrons. The van der Waals surface area contributed by atoms with E-state index in [2.05, 4.69) is 35.2 Å². The van der Waals surface area contributed by atoms with Gasteiger partial charge in [0.1, 0.15) is 0 Å². The largest absolute Gasteiger partial charge is 0.390 e. The first-order valence-electron chi connectivity index (χ1n) is 8.69. The highest BCUT2D eigenvalue weighted by atomic mass is 16.3. The first-order valence-corrected chi connectivity index (χ1v) is 8.69. The third kappa shape index (κ3) is 3.30. The summed E-state index contributed by atoms with van der Waals surface area (Å²) in [5.41, 5.74) is 4.44. The summed E-state index contributed by atoms with van der Waals surface area (Å²) in [5.74, 6) is 0. The summed E-state index contributed by atoms with van der Waals surface area (Å²) in [6.45, 7) is 3.08. The van der Waals surface area contributed by atoms with Gasteiger partial charge in [0, 0.05) is 37.9 Å². The highest BCUT2D eigenvalue weighted by Crippen LogP contribution is 2.20. The minimum absolute atomic E-state index is 0.438. The van der Waals surface area contributed by atoms with Crippen LogP contribution in [0.25, 0.3) is 10.9 Å². The van der Waals surface area contributed by atoms with Gasteiger partial charge in [-0.05, 0) is 41.1 Å². The van der Waals surface area contributed by atoms with Gasteiger partial charge in [0.25, 0.3) is 0 Å². The summed E-state index contributed by atoms with van der Waals surface area (Å²) in [7, 11) is 0. The Morgan fingerprint density at radius 2 is 1.92 bits per heavy atom. The van der Waals surface area contributed by atoms with Crippen molar-refractivity contribution in [2.45, 2.75) is 25.6 Å². The number of fused-ring (bicyclic) bond motifs is 2. The van der Waals surface area contributed by atoms with Crippen molar-refractivity contribution in [2.24, 2.45) is 0 Å². The fourth-order valence-corrected chi connectivity index (χ4v) is 3.71. The molecule has 4 nitrogen and oxygen atoms in total. The number of β-amino-alcohol motifs (C(OH)–C–C–N with tert-alkyl or cyclic N) is 1. The van der Waals surface area contributed by atoms with E-state index in [9.17, 15) is 5.11 Å². The molecule has 126 valence electrons. The van der Waals surface area contributed by atoms with E-state index in [0.29, 0.717) is 18.7 Å². The maximum atomic E-state index is 10.6. The average molecular weight is 331 g/mol. The minimum Gasteiger partial charge on any atom is -0.390 e. The number of aromatic nitrogens is 1. The van der Waals surface area contributed by atoms with Gasteiger partial charge in [0.05, 0.1) is 17.7 Å². The molecule has 0 spiro atoms.